The SMILES string of the molecule is COCC(=O)Nc1ccc(S(=O)(=O)Cc2nc3c(C(N)=O)cccc3[nH]2)cc1. The van der Waals surface area contributed by atoms with E-state index in [0.29, 0.717) is 16.7 Å². The first-order valence-electron chi connectivity index (χ1n) is 8.19. The molecule has 146 valence electrons. The molecule has 0 spiro atoms. The number of sulfone groups is 1. The molecule has 0 aliphatic rings. The second-order valence-corrected chi connectivity index (χ2v) is 8.00. The molecule has 0 aliphatic carbocycles. The second-order valence-electron chi connectivity index (χ2n) is 6.01. The van der Waals surface area contributed by atoms with Gasteiger partial charge in [-0.1, -0.05) is 6.07 Å². The summed E-state index contributed by atoms with van der Waals surface area (Å²) in [7, 11) is -2.29. The Morgan fingerprint density at radius 2 is 1.89 bits per heavy atom. The van der Waals surface area contributed by atoms with E-state index in [0.717, 1.165) is 0 Å². The highest BCUT2D eigenvalue weighted by Gasteiger charge is 2.19. The van der Waals surface area contributed by atoms with Gasteiger partial charge in [-0.25, -0.2) is 13.4 Å². The summed E-state index contributed by atoms with van der Waals surface area (Å²) in [5.41, 5.74) is 6.85. The number of H-pyrrole nitrogens is 1. The lowest BCUT2D eigenvalue weighted by Gasteiger charge is -2.06. The fourth-order valence-corrected chi connectivity index (χ4v) is 3.90. The van der Waals surface area contributed by atoms with Crippen molar-refractivity contribution in [2.45, 2.75) is 10.6 Å². The number of benzene rings is 2. The minimum Gasteiger partial charge on any atom is -0.375 e. The number of nitrogens with one attached hydrogen (secondary N) is 2. The van der Waals surface area contributed by atoms with Gasteiger partial charge in [0.25, 0.3) is 5.91 Å². The molecule has 0 aliphatic heterocycles. The number of methoxy groups -OCH3 is 1. The molecule has 10 heteroatoms. The van der Waals surface area contributed by atoms with Crippen LogP contribution in [0.2, 0.25) is 0 Å². The summed E-state index contributed by atoms with van der Waals surface area (Å²) in [4.78, 5) is 30.2. The van der Waals surface area contributed by atoms with Gasteiger partial charge in [0, 0.05) is 12.8 Å². The van der Waals surface area contributed by atoms with Crippen molar-refractivity contribution < 1.29 is 22.7 Å². The van der Waals surface area contributed by atoms with E-state index in [4.69, 9.17) is 10.5 Å². The summed E-state index contributed by atoms with van der Waals surface area (Å²) in [5, 5.41) is 2.58. The molecule has 0 radical (unpaired) electrons. The van der Waals surface area contributed by atoms with Gasteiger partial charge >= 0.3 is 0 Å². The standard InChI is InChI=1S/C18H18N4O5S/c1-27-9-16(23)20-11-5-7-12(8-6-11)28(25,26)10-15-21-14-4-2-3-13(18(19)24)17(14)22-15/h2-8H,9-10H2,1H3,(H2,19,24)(H,20,23)(H,21,22). The Balaban J connectivity index is 1.82. The first-order valence-corrected chi connectivity index (χ1v) is 9.84. The van der Waals surface area contributed by atoms with Crippen LogP contribution in [0.3, 0.4) is 0 Å². The quantitative estimate of drug-likeness (QED) is 0.542. The van der Waals surface area contributed by atoms with Crippen LogP contribution < -0.4 is 11.1 Å². The number of aromatic nitrogens is 2. The van der Waals surface area contributed by atoms with Crippen molar-refractivity contribution in [2.75, 3.05) is 19.0 Å². The summed E-state index contributed by atoms with van der Waals surface area (Å²) in [5.74, 6) is -1.17. The Labute approximate surface area is 160 Å². The van der Waals surface area contributed by atoms with E-state index >= 15 is 0 Å². The molecule has 0 atom stereocenters. The lowest BCUT2D eigenvalue weighted by atomic mass is 10.2. The van der Waals surface area contributed by atoms with Gasteiger partial charge in [0.2, 0.25) is 5.91 Å². The minimum atomic E-state index is -3.70. The Kier molecular flexibility index (Phi) is 5.43. The largest absolute Gasteiger partial charge is 0.375 e. The molecule has 2 aromatic carbocycles. The molecule has 0 fully saturated rings. The van der Waals surface area contributed by atoms with Crippen molar-refractivity contribution in [1.82, 2.24) is 9.97 Å². The number of fused-ring (bicyclic) bond motifs is 1. The van der Waals surface area contributed by atoms with Crippen LogP contribution in [0.4, 0.5) is 5.69 Å². The van der Waals surface area contributed by atoms with Gasteiger partial charge in [-0.05, 0) is 36.4 Å². The molecule has 28 heavy (non-hydrogen) atoms. The summed E-state index contributed by atoms with van der Waals surface area (Å²) in [6.45, 7) is -0.0978. The van der Waals surface area contributed by atoms with Gasteiger partial charge in [-0.15, -0.1) is 0 Å². The Morgan fingerprint density at radius 3 is 2.54 bits per heavy atom. The molecule has 0 saturated carbocycles. The molecule has 2 amide bonds. The molecule has 4 N–H and O–H groups in total. The number of nitrogens with two attached hydrogens (primary N) is 1. The van der Waals surface area contributed by atoms with Crippen LogP contribution in [0.5, 0.6) is 0 Å². The van der Waals surface area contributed by atoms with Crippen LogP contribution in [0.15, 0.2) is 47.4 Å². The first-order chi connectivity index (χ1) is 13.3. The fourth-order valence-electron chi connectivity index (χ4n) is 2.69. The Morgan fingerprint density at radius 1 is 1.18 bits per heavy atom. The number of imidazole rings is 1. The molecule has 0 saturated heterocycles. The van der Waals surface area contributed by atoms with E-state index in [2.05, 4.69) is 15.3 Å². The van der Waals surface area contributed by atoms with E-state index in [9.17, 15) is 18.0 Å². The van der Waals surface area contributed by atoms with Crippen molar-refractivity contribution in [2.24, 2.45) is 5.73 Å². The maximum Gasteiger partial charge on any atom is 0.250 e. The normalized spacial score (nSPS) is 11.5. The zero-order chi connectivity index (χ0) is 20.3. The van der Waals surface area contributed by atoms with Gasteiger partial charge in [-0.2, -0.15) is 0 Å². The van der Waals surface area contributed by atoms with Crippen LogP contribution in [0.1, 0.15) is 16.2 Å². The average molecular weight is 402 g/mol. The fraction of sp³-hybridized carbons (Fsp3) is 0.167. The molecule has 0 bridgehead atoms. The van der Waals surface area contributed by atoms with Crippen molar-refractivity contribution in [3.05, 3.63) is 53.9 Å². The predicted molar refractivity (Wildman–Crippen MR) is 102 cm³/mol. The number of hydrogen-bond donors (Lipinski definition) is 3. The zero-order valence-electron chi connectivity index (χ0n) is 14.9. The summed E-state index contributed by atoms with van der Waals surface area (Å²) in [6, 6.07) is 10.6. The molecule has 9 nitrogen and oxygen atoms in total. The Hall–Kier alpha value is -3.24. The second kappa shape index (κ2) is 7.79. The third-order valence-corrected chi connectivity index (χ3v) is 5.57. The molecular weight excluding hydrogens is 384 g/mol. The lowest BCUT2D eigenvalue weighted by Crippen LogP contribution is -2.17. The van der Waals surface area contributed by atoms with E-state index < -0.39 is 15.7 Å². The Bertz CT molecular complexity index is 1140. The maximum atomic E-state index is 12.7. The lowest BCUT2D eigenvalue weighted by molar-refractivity contribution is -0.119. The number of rotatable bonds is 7. The minimum absolute atomic E-state index is 0.0767. The van der Waals surface area contributed by atoms with Gasteiger partial charge in [0.05, 0.1) is 16.0 Å². The van der Waals surface area contributed by atoms with Crippen LogP contribution in [0, 0.1) is 0 Å². The number of primary amides is 1. The smallest absolute Gasteiger partial charge is 0.250 e. The maximum absolute atomic E-state index is 12.7. The highest BCUT2D eigenvalue weighted by Crippen LogP contribution is 2.21. The predicted octanol–water partition coefficient (Wildman–Crippen LogP) is 1.22. The third kappa shape index (κ3) is 4.18. The van der Waals surface area contributed by atoms with Gasteiger partial charge in [0.1, 0.15) is 23.7 Å². The van der Waals surface area contributed by atoms with Gasteiger partial charge < -0.3 is 20.8 Å². The summed E-state index contributed by atoms with van der Waals surface area (Å²) in [6.07, 6.45) is 0. The number of para-hydroxylation sites is 1. The van der Waals surface area contributed by atoms with Gasteiger partial charge in [0.15, 0.2) is 9.84 Å². The highest BCUT2D eigenvalue weighted by molar-refractivity contribution is 7.90. The van der Waals surface area contributed by atoms with Crippen LogP contribution >= 0.6 is 0 Å². The van der Waals surface area contributed by atoms with E-state index in [1.165, 1.54) is 37.4 Å². The number of ether oxygens (including phenoxy) is 1. The zero-order valence-corrected chi connectivity index (χ0v) is 15.7. The molecule has 3 aromatic rings. The topological polar surface area (TPSA) is 144 Å². The number of carbonyl (C=O) groups excluding carboxylic acids is 2. The molecule has 3 rings (SSSR count). The number of hydrogen-bond acceptors (Lipinski definition) is 6. The monoisotopic (exact) mass is 402 g/mol. The number of aromatic amines is 1. The van der Waals surface area contributed by atoms with Crippen molar-refractivity contribution >= 4 is 38.4 Å². The third-order valence-electron chi connectivity index (χ3n) is 3.93. The number of amides is 2. The first kappa shape index (κ1) is 19.5. The van der Waals surface area contributed by atoms with Crippen molar-refractivity contribution in [3.8, 4) is 0 Å². The number of nitrogens with zero attached hydrogens (tertiary/aromatic N) is 1. The number of carbonyl (C=O) groups is 2. The number of anilines is 1. The van der Waals surface area contributed by atoms with Crippen molar-refractivity contribution in [3.63, 3.8) is 0 Å². The van der Waals surface area contributed by atoms with Crippen LogP contribution in [-0.2, 0) is 25.1 Å². The van der Waals surface area contributed by atoms with Crippen LogP contribution in [-0.4, -0.2) is 43.9 Å². The summed E-state index contributed by atoms with van der Waals surface area (Å²) < 4.78 is 30.1. The molecule has 1 heterocycles. The van der Waals surface area contributed by atoms with Crippen LogP contribution in [0.25, 0.3) is 11.0 Å². The molecular formula is C18H18N4O5S. The van der Waals surface area contributed by atoms with E-state index in [1.54, 1.807) is 12.1 Å². The van der Waals surface area contributed by atoms with E-state index in [1.807, 2.05) is 0 Å². The molecule has 1 aromatic heterocycles. The average Bonchev–Trinajstić information content (AvgIpc) is 3.03. The van der Waals surface area contributed by atoms with E-state index in [-0.39, 0.29) is 34.6 Å². The summed E-state index contributed by atoms with van der Waals surface area (Å²) >= 11 is 0. The van der Waals surface area contributed by atoms with Gasteiger partial charge in [-0.3, -0.25) is 9.59 Å². The highest BCUT2D eigenvalue weighted by atomic mass is 32.2. The van der Waals surface area contributed by atoms with Crippen molar-refractivity contribution in [1.29, 1.82) is 0 Å². The molecule has 0 unspecified atom stereocenters.